The summed E-state index contributed by atoms with van der Waals surface area (Å²) in [6.07, 6.45) is 0. The van der Waals surface area contributed by atoms with Crippen molar-refractivity contribution in [2.24, 2.45) is 0 Å². The number of rotatable bonds is 3. The van der Waals surface area contributed by atoms with E-state index in [0.29, 0.717) is 17.7 Å². The van der Waals surface area contributed by atoms with E-state index in [9.17, 15) is 9.59 Å². The number of fused-ring (bicyclic) bond motifs is 3. The van der Waals surface area contributed by atoms with Crippen LogP contribution >= 0.6 is 0 Å². The molecule has 0 saturated heterocycles. The lowest BCUT2D eigenvalue weighted by Gasteiger charge is -2.15. The maximum Gasteiger partial charge on any atom is 0.338 e. The van der Waals surface area contributed by atoms with Crippen LogP contribution in [0.4, 0.5) is 0 Å². The highest BCUT2D eigenvalue weighted by Crippen LogP contribution is 2.32. The van der Waals surface area contributed by atoms with Gasteiger partial charge in [0.1, 0.15) is 0 Å². The molecule has 4 heteroatoms. The monoisotopic (exact) mass is 321 g/mol. The van der Waals surface area contributed by atoms with Gasteiger partial charge in [0.25, 0.3) is 5.91 Å². The third-order valence-electron chi connectivity index (χ3n) is 4.02. The molecule has 0 radical (unpaired) electrons. The van der Waals surface area contributed by atoms with E-state index in [0.717, 1.165) is 21.5 Å². The molecule has 4 nitrogen and oxygen atoms in total. The number of ether oxygens (including phenoxy) is 1. The van der Waals surface area contributed by atoms with Gasteiger partial charge in [0.05, 0.1) is 12.2 Å². The molecule has 0 bridgehead atoms. The molecule has 122 valence electrons. The van der Waals surface area contributed by atoms with Gasteiger partial charge in [-0.05, 0) is 29.8 Å². The van der Waals surface area contributed by atoms with E-state index in [4.69, 9.17) is 4.74 Å². The van der Waals surface area contributed by atoms with Crippen molar-refractivity contribution in [2.45, 2.75) is 6.92 Å². The SMILES string of the molecule is CCOC(=O)c1cccc2ccc3cccc(C(=O)N(C)C)c3c12. The van der Waals surface area contributed by atoms with Crippen LogP contribution in [0.5, 0.6) is 0 Å². The van der Waals surface area contributed by atoms with Crippen molar-refractivity contribution in [2.75, 3.05) is 20.7 Å². The minimum absolute atomic E-state index is 0.0910. The summed E-state index contributed by atoms with van der Waals surface area (Å²) in [6, 6.07) is 15.1. The number of nitrogens with zero attached hydrogens (tertiary/aromatic N) is 1. The van der Waals surface area contributed by atoms with Crippen LogP contribution in [0.1, 0.15) is 27.6 Å². The van der Waals surface area contributed by atoms with E-state index in [-0.39, 0.29) is 11.9 Å². The summed E-state index contributed by atoms with van der Waals surface area (Å²) in [5, 5.41) is 3.38. The Morgan fingerprint density at radius 3 is 1.96 bits per heavy atom. The molecule has 1 amide bonds. The Balaban J connectivity index is 2.44. The zero-order chi connectivity index (χ0) is 17.3. The molecular formula is C20H19NO3. The lowest BCUT2D eigenvalue weighted by molar-refractivity contribution is 0.0528. The second-order valence-electron chi connectivity index (χ2n) is 5.79. The molecular weight excluding hydrogens is 302 g/mol. The van der Waals surface area contributed by atoms with Crippen molar-refractivity contribution in [1.29, 1.82) is 0 Å². The number of esters is 1. The Morgan fingerprint density at radius 2 is 1.42 bits per heavy atom. The van der Waals surface area contributed by atoms with Crippen LogP contribution in [-0.2, 0) is 4.74 Å². The summed E-state index contributed by atoms with van der Waals surface area (Å²) in [5.74, 6) is -0.463. The van der Waals surface area contributed by atoms with Crippen LogP contribution in [-0.4, -0.2) is 37.5 Å². The van der Waals surface area contributed by atoms with Crippen LogP contribution in [0.25, 0.3) is 21.5 Å². The van der Waals surface area contributed by atoms with Gasteiger partial charge < -0.3 is 9.64 Å². The van der Waals surface area contributed by atoms with Crippen molar-refractivity contribution in [1.82, 2.24) is 4.90 Å². The second kappa shape index (κ2) is 6.32. The summed E-state index contributed by atoms with van der Waals surface area (Å²) < 4.78 is 5.20. The average molecular weight is 321 g/mol. The van der Waals surface area contributed by atoms with Gasteiger partial charge in [0.2, 0.25) is 0 Å². The topological polar surface area (TPSA) is 46.6 Å². The van der Waals surface area contributed by atoms with Crippen molar-refractivity contribution in [3.8, 4) is 0 Å². The minimum Gasteiger partial charge on any atom is -0.462 e. The number of carbonyl (C=O) groups is 2. The molecule has 3 aromatic rings. The van der Waals surface area contributed by atoms with Gasteiger partial charge in [-0.1, -0.05) is 36.4 Å². The Hall–Kier alpha value is -2.88. The Labute approximate surface area is 140 Å². The molecule has 0 spiro atoms. The molecule has 0 unspecified atom stereocenters. The molecule has 0 N–H and O–H groups in total. The first-order chi connectivity index (χ1) is 11.5. The van der Waals surface area contributed by atoms with Gasteiger partial charge in [0.15, 0.2) is 0 Å². The Morgan fingerprint density at radius 1 is 0.875 bits per heavy atom. The van der Waals surface area contributed by atoms with E-state index in [1.165, 1.54) is 0 Å². The van der Waals surface area contributed by atoms with Gasteiger partial charge in [-0.2, -0.15) is 0 Å². The van der Waals surface area contributed by atoms with Crippen molar-refractivity contribution in [3.05, 3.63) is 59.7 Å². The fraction of sp³-hybridized carbons (Fsp3) is 0.200. The summed E-state index contributed by atoms with van der Waals surface area (Å²) in [5.41, 5.74) is 1.07. The average Bonchev–Trinajstić information content (AvgIpc) is 2.59. The van der Waals surface area contributed by atoms with E-state index in [2.05, 4.69) is 0 Å². The molecule has 0 aromatic heterocycles. The van der Waals surface area contributed by atoms with E-state index < -0.39 is 0 Å². The Bertz CT molecular complexity index is 944. The number of benzene rings is 3. The molecule has 0 atom stereocenters. The van der Waals surface area contributed by atoms with Gasteiger partial charge in [-0.3, -0.25) is 4.79 Å². The van der Waals surface area contributed by atoms with Crippen LogP contribution in [0, 0.1) is 0 Å². The predicted octanol–water partition coefficient (Wildman–Crippen LogP) is 3.87. The van der Waals surface area contributed by atoms with E-state index in [1.54, 1.807) is 38.1 Å². The molecule has 3 rings (SSSR count). The van der Waals surface area contributed by atoms with E-state index >= 15 is 0 Å². The first-order valence-electron chi connectivity index (χ1n) is 7.87. The normalized spacial score (nSPS) is 10.8. The zero-order valence-corrected chi connectivity index (χ0v) is 14.0. The molecule has 0 aliphatic carbocycles. The third kappa shape index (κ3) is 2.60. The molecule has 0 heterocycles. The first kappa shape index (κ1) is 16.0. The molecule has 0 aliphatic rings. The standard InChI is InChI=1S/C20H19NO3/c1-4-24-20(23)16-10-6-8-14-12-11-13-7-5-9-15(17(13)18(14)16)19(22)21(2)3/h5-12H,4H2,1-3H3. The second-order valence-corrected chi connectivity index (χ2v) is 5.79. The number of amides is 1. The van der Waals surface area contributed by atoms with Gasteiger partial charge >= 0.3 is 5.97 Å². The summed E-state index contributed by atoms with van der Waals surface area (Å²) in [7, 11) is 3.44. The van der Waals surface area contributed by atoms with Crippen molar-refractivity contribution in [3.63, 3.8) is 0 Å². The highest BCUT2D eigenvalue weighted by Gasteiger charge is 2.18. The number of carbonyl (C=O) groups excluding carboxylic acids is 2. The van der Waals surface area contributed by atoms with Crippen LogP contribution in [0.15, 0.2) is 48.5 Å². The molecule has 0 fully saturated rings. The van der Waals surface area contributed by atoms with Gasteiger partial charge in [-0.15, -0.1) is 0 Å². The summed E-state index contributed by atoms with van der Waals surface area (Å²) in [4.78, 5) is 26.6. The third-order valence-corrected chi connectivity index (χ3v) is 4.02. The molecule has 0 saturated carbocycles. The molecule has 0 aliphatic heterocycles. The van der Waals surface area contributed by atoms with Crippen molar-refractivity contribution < 1.29 is 14.3 Å². The largest absolute Gasteiger partial charge is 0.462 e. The van der Waals surface area contributed by atoms with Crippen LogP contribution < -0.4 is 0 Å². The molecule has 3 aromatic carbocycles. The van der Waals surface area contributed by atoms with Gasteiger partial charge in [-0.25, -0.2) is 4.79 Å². The van der Waals surface area contributed by atoms with Crippen molar-refractivity contribution >= 4 is 33.4 Å². The number of hydrogen-bond acceptors (Lipinski definition) is 3. The minimum atomic E-state index is -0.372. The quantitative estimate of drug-likeness (QED) is 0.543. The van der Waals surface area contributed by atoms with E-state index in [1.807, 2.05) is 36.4 Å². The smallest absolute Gasteiger partial charge is 0.338 e. The maximum atomic E-state index is 12.6. The lowest BCUT2D eigenvalue weighted by Crippen LogP contribution is -2.22. The summed E-state index contributed by atoms with van der Waals surface area (Å²) in [6.45, 7) is 2.09. The highest BCUT2D eigenvalue weighted by atomic mass is 16.5. The predicted molar refractivity (Wildman–Crippen MR) is 95.4 cm³/mol. The fourth-order valence-electron chi connectivity index (χ4n) is 2.95. The van der Waals surface area contributed by atoms with Crippen LogP contribution in [0.2, 0.25) is 0 Å². The number of hydrogen-bond donors (Lipinski definition) is 0. The van der Waals surface area contributed by atoms with Crippen LogP contribution in [0.3, 0.4) is 0 Å². The Kier molecular flexibility index (Phi) is 4.21. The van der Waals surface area contributed by atoms with Gasteiger partial charge in [0, 0.05) is 30.4 Å². The lowest BCUT2D eigenvalue weighted by atomic mass is 9.94. The highest BCUT2D eigenvalue weighted by molar-refractivity contribution is 6.22. The molecule has 24 heavy (non-hydrogen) atoms. The zero-order valence-electron chi connectivity index (χ0n) is 14.0. The summed E-state index contributed by atoms with van der Waals surface area (Å²) >= 11 is 0. The first-order valence-corrected chi connectivity index (χ1v) is 7.87. The fourth-order valence-corrected chi connectivity index (χ4v) is 2.95. The maximum absolute atomic E-state index is 12.6.